The van der Waals surface area contributed by atoms with E-state index in [9.17, 15) is 0 Å². The zero-order valence-electron chi connectivity index (χ0n) is 6.33. The maximum Gasteiger partial charge on any atom is 0.153 e. The van der Waals surface area contributed by atoms with Crippen LogP contribution in [0.25, 0.3) is 11.0 Å². The molecule has 0 unspecified atom stereocenters. The molecule has 0 aromatic carbocycles. The predicted molar refractivity (Wildman–Crippen MR) is 39.1 cm³/mol. The van der Waals surface area contributed by atoms with Gasteiger partial charge in [-0.25, -0.2) is 9.97 Å². The quantitative estimate of drug-likeness (QED) is 0.565. The molecule has 0 aliphatic carbocycles. The second-order valence-electron chi connectivity index (χ2n) is 2.40. The first-order valence-electron chi connectivity index (χ1n) is 3.32. The average Bonchev–Trinajstić information content (AvgIpc) is 2.34. The lowest BCUT2D eigenvalue weighted by Gasteiger charge is -1.92. The molecular formula is C7H7N3O. The average molecular weight is 149 g/mol. The molecule has 0 radical (unpaired) electrons. The minimum Gasteiger partial charge on any atom is -0.362 e. The Morgan fingerprint density at radius 2 is 2.09 bits per heavy atom. The van der Waals surface area contributed by atoms with Crippen LogP contribution in [0.4, 0.5) is 0 Å². The first kappa shape index (κ1) is 6.27. The summed E-state index contributed by atoms with van der Waals surface area (Å²) in [5, 5.41) is 3.76. The summed E-state index contributed by atoms with van der Waals surface area (Å²) < 4.78 is 4.75. The molecule has 0 amide bonds. The number of rotatable bonds is 0. The molecule has 56 valence electrons. The Labute approximate surface area is 63.2 Å². The van der Waals surface area contributed by atoms with Crippen LogP contribution in [0.1, 0.15) is 11.5 Å². The van der Waals surface area contributed by atoms with Crippen LogP contribution in [0.3, 0.4) is 0 Å². The van der Waals surface area contributed by atoms with Crippen molar-refractivity contribution in [3.8, 4) is 0 Å². The largest absolute Gasteiger partial charge is 0.362 e. The van der Waals surface area contributed by atoms with E-state index in [1.807, 2.05) is 13.8 Å². The van der Waals surface area contributed by atoms with Crippen molar-refractivity contribution in [2.45, 2.75) is 13.8 Å². The van der Waals surface area contributed by atoms with Crippen molar-refractivity contribution >= 4 is 11.0 Å². The second kappa shape index (κ2) is 2.02. The molecule has 2 rings (SSSR count). The van der Waals surface area contributed by atoms with E-state index in [1.165, 1.54) is 6.26 Å². The lowest BCUT2D eigenvalue weighted by molar-refractivity contribution is 0.427. The second-order valence-corrected chi connectivity index (χ2v) is 2.40. The normalized spacial score (nSPS) is 10.7. The molecule has 4 nitrogen and oxygen atoms in total. The molecule has 0 aliphatic rings. The minimum atomic E-state index is 0.746. The third-order valence-corrected chi connectivity index (χ3v) is 1.51. The minimum absolute atomic E-state index is 0.746. The number of aromatic nitrogens is 3. The summed E-state index contributed by atoms with van der Waals surface area (Å²) in [6.45, 7) is 3.74. The van der Waals surface area contributed by atoms with Crippen LogP contribution < -0.4 is 0 Å². The van der Waals surface area contributed by atoms with Gasteiger partial charge in [0.2, 0.25) is 0 Å². The molecule has 0 saturated heterocycles. The number of aryl methyl sites for hydroxylation is 2. The molecular weight excluding hydrogens is 142 g/mol. The van der Waals surface area contributed by atoms with Crippen molar-refractivity contribution in [1.82, 2.24) is 15.1 Å². The van der Waals surface area contributed by atoms with Gasteiger partial charge in [-0.15, -0.1) is 0 Å². The van der Waals surface area contributed by atoms with Crippen molar-refractivity contribution in [2.75, 3.05) is 0 Å². The van der Waals surface area contributed by atoms with Gasteiger partial charge in [0.15, 0.2) is 5.52 Å². The van der Waals surface area contributed by atoms with Gasteiger partial charge in [-0.2, -0.15) is 0 Å². The van der Waals surface area contributed by atoms with E-state index in [-0.39, 0.29) is 0 Å². The van der Waals surface area contributed by atoms with Gasteiger partial charge in [0.1, 0.15) is 17.6 Å². The first-order chi connectivity index (χ1) is 5.27. The van der Waals surface area contributed by atoms with Gasteiger partial charge in [0.05, 0.1) is 5.69 Å². The summed E-state index contributed by atoms with van der Waals surface area (Å²) in [5.74, 6) is 0.748. The van der Waals surface area contributed by atoms with E-state index in [0.29, 0.717) is 0 Å². The first-order valence-corrected chi connectivity index (χ1v) is 3.32. The van der Waals surface area contributed by atoms with Crippen LogP contribution in [0.5, 0.6) is 0 Å². The number of hydrogen-bond donors (Lipinski definition) is 0. The highest BCUT2D eigenvalue weighted by Gasteiger charge is 2.04. The smallest absolute Gasteiger partial charge is 0.153 e. The van der Waals surface area contributed by atoms with E-state index < -0.39 is 0 Å². The van der Waals surface area contributed by atoms with E-state index in [2.05, 4.69) is 15.1 Å². The highest BCUT2D eigenvalue weighted by Crippen LogP contribution is 2.11. The van der Waals surface area contributed by atoms with E-state index in [1.54, 1.807) is 0 Å². The Morgan fingerprint density at radius 3 is 2.91 bits per heavy atom. The molecule has 0 spiro atoms. The highest BCUT2D eigenvalue weighted by atomic mass is 16.5. The van der Waals surface area contributed by atoms with Crippen LogP contribution in [0.15, 0.2) is 10.8 Å². The predicted octanol–water partition coefficient (Wildman–Crippen LogP) is 1.23. The summed E-state index contributed by atoms with van der Waals surface area (Å²) in [7, 11) is 0. The fourth-order valence-corrected chi connectivity index (χ4v) is 1.06. The van der Waals surface area contributed by atoms with Crippen LogP contribution in [0.2, 0.25) is 0 Å². The van der Waals surface area contributed by atoms with Crippen molar-refractivity contribution in [3.63, 3.8) is 0 Å². The van der Waals surface area contributed by atoms with Gasteiger partial charge in [0, 0.05) is 0 Å². The van der Waals surface area contributed by atoms with Crippen molar-refractivity contribution in [3.05, 3.63) is 17.8 Å². The standard InChI is InChI=1S/C7H7N3O/c1-4-7-6(3-11-10-7)9-5(2)8-4/h3H,1-2H3. The Kier molecular flexibility index (Phi) is 1.15. The summed E-state index contributed by atoms with van der Waals surface area (Å²) >= 11 is 0. The molecule has 0 N–H and O–H groups in total. The summed E-state index contributed by atoms with van der Waals surface area (Å²) in [4.78, 5) is 8.27. The molecule has 0 saturated carbocycles. The van der Waals surface area contributed by atoms with Crippen molar-refractivity contribution < 1.29 is 4.52 Å². The van der Waals surface area contributed by atoms with Crippen LogP contribution in [-0.4, -0.2) is 15.1 Å². The summed E-state index contributed by atoms with van der Waals surface area (Å²) in [6, 6.07) is 0. The summed E-state index contributed by atoms with van der Waals surface area (Å²) in [6.07, 6.45) is 1.52. The maximum absolute atomic E-state index is 4.75. The Balaban J connectivity index is 2.91. The summed E-state index contributed by atoms with van der Waals surface area (Å²) in [5.41, 5.74) is 2.38. The number of fused-ring (bicyclic) bond motifs is 1. The Bertz CT molecular complexity index is 393. The van der Waals surface area contributed by atoms with E-state index in [0.717, 1.165) is 22.6 Å². The molecule has 0 aliphatic heterocycles. The van der Waals surface area contributed by atoms with Crippen LogP contribution >= 0.6 is 0 Å². The molecule has 4 heteroatoms. The molecule has 0 fully saturated rings. The van der Waals surface area contributed by atoms with E-state index >= 15 is 0 Å². The maximum atomic E-state index is 4.75. The van der Waals surface area contributed by atoms with Gasteiger partial charge in [-0.05, 0) is 13.8 Å². The fourth-order valence-electron chi connectivity index (χ4n) is 1.06. The third kappa shape index (κ3) is 0.869. The zero-order chi connectivity index (χ0) is 7.84. The van der Waals surface area contributed by atoms with Gasteiger partial charge in [0.25, 0.3) is 0 Å². The van der Waals surface area contributed by atoms with Gasteiger partial charge in [-0.1, -0.05) is 5.16 Å². The molecule has 11 heavy (non-hydrogen) atoms. The molecule has 2 aromatic rings. The lowest BCUT2D eigenvalue weighted by atomic mass is 10.3. The van der Waals surface area contributed by atoms with E-state index in [4.69, 9.17) is 4.52 Å². The molecule has 2 heterocycles. The van der Waals surface area contributed by atoms with Crippen LogP contribution in [-0.2, 0) is 0 Å². The molecule has 2 aromatic heterocycles. The van der Waals surface area contributed by atoms with Gasteiger partial charge >= 0.3 is 0 Å². The van der Waals surface area contributed by atoms with Crippen molar-refractivity contribution in [2.24, 2.45) is 0 Å². The topological polar surface area (TPSA) is 51.8 Å². The lowest BCUT2D eigenvalue weighted by Crippen LogP contribution is -1.90. The third-order valence-electron chi connectivity index (χ3n) is 1.51. The fraction of sp³-hybridized carbons (Fsp3) is 0.286. The zero-order valence-corrected chi connectivity index (χ0v) is 6.33. The molecule has 0 bridgehead atoms. The Morgan fingerprint density at radius 1 is 1.27 bits per heavy atom. The number of nitrogens with zero attached hydrogens (tertiary/aromatic N) is 3. The van der Waals surface area contributed by atoms with Gasteiger partial charge < -0.3 is 4.52 Å². The monoisotopic (exact) mass is 149 g/mol. The van der Waals surface area contributed by atoms with Crippen molar-refractivity contribution in [1.29, 1.82) is 0 Å². The van der Waals surface area contributed by atoms with Crippen LogP contribution in [0, 0.1) is 13.8 Å². The highest BCUT2D eigenvalue weighted by molar-refractivity contribution is 5.74. The SMILES string of the molecule is Cc1nc(C)c2nocc2n1. The molecule has 0 atom stereocenters. The Hall–Kier alpha value is -1.45. The van der Waals surface area contributed by atoms with Gasteiger partial charge in [-0.3, -0.25) is 0 Å². The number of hydrogen-bond acceptors (Lipinski definition) is 4.